The zero-order valence-electron chi connectivity index (χ0n) is 14.0. The highest BCUT2D eigenvalue weighted by Gasteiger charge is 2.38. The van der Waals surface area contributed by atoms with Gasteiger partial charge < -0.3 is 15.1 Å². The number of carbonyl (C=O) groups excluding carboxylic acids is 1. The molecule has 3 rings (SSSR count). The lowest BCUT2D eigenvalue weighted by atomic mass is 9.89. The van der Waals surface area contributed by atoms with Crippen LogP contribution in [0, 0.1) is 5.82 Å². The lowest BCUT2D eigenvalue weighted by Gasteiger charge is -2.42. The van der Waals surface area contributed by atoms with Crippen LogP contribution >= 0.6 is 24.8 Å². The molecule has 0 aliphatic carbocycles. The van der Waals surface area contributed by atoms with Gasteiger partial charge in [-0.15, -0.1) is 24.8 Å². The molecule has 1 atom stereocenters. The van der Waals surface area contributed by atoms with Crippen LogP contribution in [0.5, 0.6) is 0 Å². The Morgan fingerprint density at radius 3 is 2.38 bits per heavy atom. The summed E-state index contributed by atoms with van der Waals surface area (Å²) < 4.78 is 13.8. The fourth-order valence-corrected chi connectivity index (χ4v) is 3.45. The number of carbonyl (C=O) groups is 1. The van der Waals surface area contributed by atoms with Crippen LogP contribution in [0.25, 0.3) is 0 Å². The van der Waals surface area contributed by atoms with Crippen LogP contribution in [0.2, 0.25) is 0 Å². The van der Waals surface area contributed by atoms with Crippen LogP contribution in [-0.2, 0) is 4.79 Å². The third kappa shape index (κ3) is 4.32. The number of nitrogens with one attached hydrogen (secondary N) is 1. The Bertz CT molecular complexity index is 544. The zero-order valence-corrected chi connectivity index (χ0v) is 15.6. The second kappa shape index (κ2) is 8.88. The normalized spacial score (nSPS) is 23.9. The molecule has 0 spiro atoms. The molecule has 0 radical (unpaired) electrons. The van der Waals surface area contributed by atoms with E-state index in [0.717, 1.165) is 25.8 Å². The first-order valence-electron chi connectivity index (χ1n) is 8.14. The van der Waals surface area contributed by atoms with Gasteiger partial charge in [0.15, 0.2) is 0 Å². The van der Waals surface area contributed by atoms with Crippen molar-refractivity contribution in [3.63, 3.8) is 0 Å². The van der Waals surface area contributed by atoms with Crippen molar-refractivity contribution >= 4 is 36.4 Å². The highest BCUT2D eigenvalue weighted by molar-refractivity contribution is 5.86. The Morgan fingerprint density at radius 1 is 1.12 bits per heavy atom. The van der Waals surface area contributed by atoms with Gasteiger partial charge in [0.1, 0.15) is 5.82 Å². The summed E-state index contributed by atoms with van der Waals surface area (Å²) in [5, 5.41) is 3.38. The number of rotatable bonds is 2. The molecule has 136 valence electrons. The van der Waals surface area contributed by atoms with Crippen molar-refractivity contribution in [2.45, 2.75) is 31.7 Å². The summed E-state index contributed by atoms with van der Waals surface area (Å²) >= 11 is 0. The summed E-state index contributed by atoms with van der Waals surface area (Å²) in [7, 11) is 0. The Labute approximate surface area is 155 Å². The average Bonchev–Trinajstić information content (AvgIpc) is 2.55. The molecule has 0 aromatic heterocycles. The summed E-state index contributed by atoms with van der Waals surface area (Å²) in [6.07, 6.45) is 3.15. The van der Waals surface area contributed by atoms with Crippen LogP contribution < -0.4 is 10.2 Å². The van der Waals surface area contributed by atoms with Gasteiger partial charge in [-0.3, -0.25) is 4.79 Å². The van der Waals surface area contributed by atoms with Crippen LogP contribution in [0.4, 0.5) is 10.1 Å². The van der Waals surface area contributed by atoms with Crippen molar-refractivity contribution in [2.24, 2.45) is 0 Å². The number of piperazine rings is 1. The van der Waals surface area contributed by atoms with E-state index in [1.165, 1.54) is 6.07 Å². The highest BCUT2D eigenvalue weighted by atomic mass is 35.5. The lowest BCUT2D eigenvalue weighted by molar-refractivity contribution is -0.139. The van der Waals surface area contributed by atoms with Gasteiger partial charge in [0, 0.05) is 26.2 Å². The fraction of sp³-hybridized carbons (Fsp3) is 0.588. The number of amides is 1. The molecular formula is C17H26Cl2FN3O. The van der Waals surface area contributed by atoms with Crippen LogP contribution in [0.3, 0.4) is 0 Å². The summed E-state index contributed by atoms with van der Waals surface area (Å²) in [6.45, 7) is 5.61. The molecule has 1 N–H and O–H groups in total. The molecule has 2 heterocycles. The minimum absolute atomic E-state index is 0. The van der Waals surface area contributed by atoms with Crippen LogP contribution in [0.1, 0.15) is 26.2 Å². The van der Waals surface area contributed by atoms with E-state index in [1.54, 1.807) is 12.1 Å². The van der Waals surface area contributed by atoms with Gasteiger partial charge in [-0.1, -0.05) is 12.1 Å². The summed E-state index contributed by atoms with van der Waals surface area (Å²) in [4.78, 5) is 16.7. The van der Waals surface area contributed by atoms with Gasteiger partial charge in [0.25, 0.3) is 0 Å². The number of nitrogens with zero attached hydrogens (tertiary/aromatic N) is 2. The fourth-order valence-electron chi connectivity index (χ4n) is 3.45. The van der Waals surface area contributed by atoms with Crippen molar-refractivity contribution in [2.75, 3.05) is 37.6 Å². The van der Waals surface area contributed by atoms with Gasteiger partial charge in [-0.25, -0.2) is 4.39 Å². The second-order valence-electron chi connectivity index (χ2n) is 6.45. The number of piperidine rings is 1. The first-order chi connectivity index (χ1) is 10.6. The van der Waals surface area contributed by atoms with E-state index < -0.39 is 5.54 Å². The lowest BCUT2D eigenvalue weighted by Crippen LogP contribution is -2.61. The minimum atomic E-state index is -0.418. The first-order valence-corrected chi connectivity index (χ1v) is 8.14. The van der Waals surface area contributed by atoms with E-state index >= 15 is 0 Å². The first kappa shape index (κ1) is 21.0. The van der Waals surface area contributed by atoms with Gasteiger partial charge >= 0.3 is 0 Å². The molecule has 1 aromatic rings. The predicted octanol–water partition coefficient (Wildman–Crippen LogP) is 2.85. The smallest absolute Gasteiger partial charge is 0.242 e. The Kier molecular flexibility index (Phi) is 7.77. The van der Waals surface area contributed by atoms with Crippen molar-refractivity contribution < 1.29 is 9.18 Å². The van der Waals surface area contributed by atoms with Crippen LogP contribution in [-0.4, -0.2) is 49.1 Å². The summed E-state index contributed by atoms with van der Waals surface area (Å²) in [5.41, 5.74) is 0.218. The maximum Gasteiger partial charge on any atom is 0.242 e. The van der Waals surface area contributed by atoms with Crippen molar-refractivity contribution in [3.05, 3.63) is 30.1 Å². The second-order valence-corrected chi connectivity index (χ2v) is 6.45. The number of hydrogen-bond acceptors (Lipinski definition) is 3. The third-order valence-corrected chi connectivity index (χ3v) is 4.85. The Balaban J connectivity index is 0.00000144. The Morgan fingerprint density at radius 2 is 1.79 bits per heavy atom. The number of hydrogen-bond donors (Lipinski definition) is 1. The van der Waals surface area contributed by atoms with E-state index in [1.807, 2.05) is 22.8 Å². The van der Waals surface area contributed by atoms with Gasteiger partial charge in [-0.2, -0.15) is 0 Å². The summed E-state index contributed by atoms with van der Waals surface area (Å²) in [6, 6.07) is 6.84. The maximum atomic E-state index is 13.8. The molecule has 1 amide bonds. The third-order valence-electron chi connectivity index (χ3n) is 4.85. The van der Waals surface area contributed by atoms with Crippen LogP contribution in [0.15, 0.2) is 24.3 Å². The number of halogens is 3. The van der Waals surface area contributed by atoms with Crippen molar-refractivity contribution in [1.82, 2.24) is 10.2 Å². The van der Waals surface area contributed by atoms with E-state index in [4.69, 9.17) is 0 Å². The van der Waals surface area contributed by atoms with E-state index in [2.05, 4.69) is 5.32 Å². The number of benzene rings is 1. The molecule has 0 bridgehead atoms. The molecule has 7 heteroatoms. The maximum absolute atomic E-state index is 13.8. The number of para-hydroxylation sites is 1. The van der Waals surface area contributed by atoms with Gasteiger partial charge in [-0.05, 0) is 44.9 Å². The molecule has 2 aliphatic rings. The highest BCUT2D eigenvalue weighted by Crippen LogP contribution is 2.24. The van der Waals surface area contributed by atoms with Crippen molar-refractivity contribution in [3.8, 4) is 0 Å². The quantitative estimate of drug-likeness (QED) is 0.860. The van der Waals surface area contributed by atoms with Gasteiger partial charge in [0.05, 0.1) is 11.2 Å². The minimum Gasteiger partial charge on any atom is -0.366 e. The van der Waals surface area contributed by atoms with Crippen molar-refractivity contribution in [1.29, 1.82) is 0 Å². The molecule has 2 saturated heterocycles. The van der Waals surface area contributed by atoms with E-state index in [0.29, 0.717) is 31.9 Å². The van der Waals surface area contributed by atoms with E-state index in [9.17, 15) is 9.18 Å². The topological polar surface area (TPSA) is 35.6 Å². The van der Waals surface area contributed by atoms with E-state index in [-0.39, 0.29) is 36.5 Å². The predicted molar refractivity (Wildman–Crippen MR) is 99.9 cm³/mol. The molecule has 1 aromatic carbocycles. The largest absolute Gasteiger partial charge is 0.366 e. The molecule has 2 aliphatic heterocycles. The molecule has 4 nitrogen and oxygen atoms in total. The molecule has 0 saturated carbocycles. The monoisotopic (exact) mass is 377 g/mol. The Hall–Kier alpha value is -1.04. The SMILES string of the molecule is CC1(C(=O)N2CCN(c3ccccc3F)CC2)CCCCN1.Cl.Cl. The molecule has 24 heavy (non-hydrogen) atoms. The zero-order chi connectivity index (χ0) is 15.6. The standard InChI is InChI=1S/C17H24FN3O.2ClH/c1-17(8-4-5-9-19-17)16(22)21-12-10-20(11-13-21)15-7-3-2-6-14(15)18;;/h2-3,6-7,19H,4-5,8-13H2,1H3;2*1H. The van der Waals surface area contributed by atoms with Gasteiger partial charge in [0.2, 0.25) is 5.91 Å². The number of anilines is 1. The molecular weight excluding hydrogens is 352 g/mol. The summed E-state index contributed by atoms with van der Waals surface area (Å²) in [5.74, 6) is 0.00330. The molecule has 1 unspecified atom stereocenters. The molecule has 2 fully saturated rings. The average molecular weight is 378 g/mol.